The molecule has 0 atom stereocenters. The topological polar surface area (TPSA) is 39.1 Å². The Hall–Kier alpha value is -1.78. The predicted molar refractivity (Wildman–Crippen MR) is 85.4 cm³/mol. The summed E-state index contributed by atoms with van der Waals surface area (Å²) in [5.74, 6) is 0. The minimum absolute atomic E-state index is 0.272. The first-order chi connectivity index (χ1) is 9.91. The van der Waals surface area contributed by atoms with Gasteiger partial charge < -0.3 is 0 Å². The number of rotatable bonds is 2. The Labute approximate surface area is 128 Å². The second-order valence-electron chi connectivity index (χ2n) is 5.04. The molecule has 2 aromatic carbocycles. The second kappa shape index (κ2) is 4.90. The molecule has 0 aliphatic carbocycles. The van der Waals surface area contributed by atoms with Gasteiger partial charge in [-0.3, -0.25) is 0 Å². The van der Waals surface area contributed by atoms with Crippen LogP contribution < -0.4 is 0 Å². The highest BCUT2D eigenvalue weighted by Gasteiger charge is 2.21. The van der Waals surface area contributed by atoms with E-state index >= 15 is 0 Å². The van der Waals surface area contributed by atoms with E-state index in [1.807, 2.05) is 6.92 Å². The van der Waals surface area contributed by atoms with Crippen LogP contribution in [0.2, 0.25) is 5.02 Å². The largest absolute Gasteiger partial charge is 0.268 e. The Bertz CT molecular complexity index is 925. The van der Waals surface area contributed by atoms with Gasteiger partial charge in [0, 0.05) is 16.1 Å². The van der Waals surface area contributed by atoms with Crippen molar-refractivity contribution in [3.8, 4) is 0 Å². The molecular weight excluding hydrogens is 306 g/mol. The van der Waals surface area contributed by atoms with E-state index in [-0.39, 0.29) is 4.90 Å². The molecule has 0 spiro atoms. The number of hydrogen-bond donors (Lipinski definition) is 0. The van der Waals surface area contributed by atoms with Gasteiger partial charge in [-0.15, -0.1) is 0 Å². The highest BCUT2D eigenvalue weighted by molar-refractivity contribution is 7.90. The predicted octanol–water partition coefficient (Wildman–Crippen LogP) is 4.15. The molecule has 0 unspecified atom stereocenters. The van der Waals surface area contributed by atoms with Crippen molar-refractivity contribution in [3.05, 3.63) is 64.8 Å². The third kappa shape index (κ3) is 2.24. The fourth-order valence-corrected chi connectivity index (χ4v) is 4.20. The van der Waals surface area contributed by atoms with Gasteiger partial charge in [0.15, 0.2) is 0 Å². The van der Waals surface area contributed by atoms with Crippen LogP contribution in [0.5, 0.6) is 0 Å². The molecule has 0 saturated heterocycles. The van der Waals surface area contributed by atoms with E-state index < -0.39 is 10.0 Å². The first-order valence-electron chi connectivity index (χ1n) is 6.50. The summed E-state index contributed by atoms with van der Waals surface area (Å²) in [6, 6.07) is 13.9. The van der Waals surface area contributed by atoms with Gasteiger partial charge >= 0.3 is 0 Å². The number of halogens is 1. The minimum Gasteiger partial charge on any atom is -0.238 e. The third-order valence-corrected chi connectivity index (χ3v) is 5.64. The van der Waals surface area contributed by atoms with Gasteiger partial charge in [0.1, 0.15) is 0 Å². The third-order valence-electron chi connectivity index (χ3n) is 3.48. The maximum atomic E-state index is 12.9. The van der Waals surface area contributed by atoms with Crippen LogP contribution in [-0.4, -0.2) is 12.4 Å². The quantitative estimate of drug-likeness (QED) is 0.712. The van der Waals surface area contributed by atoms with Crippen molar-refractivity contribution < 1.29 is 8.42 Å². The molecular formula is C16H14ClNO2S. The molecule has 0 saturated carbocycles. The summed E-state index contributed by atoms with van der Waals surface area (Å²) in [6.07, 6.45) is 0. The molecule has 0 aliphatic heterocycles. The Morgan fingerprint density at radius 3 is 2.33 bits per heavy atom. The van der Waals surface area contributed by atoms with E-state index in [9.17, 15) is 8.42 Å². The normalized spacial score (nSPS) is 12.0. The van der Waals surface area contributed by atoms with Crippen molar-refractivity contribution in [2.45, 2.75) is 18.7 Å². The van der Waals surface area contributed by atoms with E-state index in [0.717, 1.165) is 10.9 Å². The van der Waals surface area contributed by atoms with Gasteiger partial charge in [-0.05, 0) is 44.2 Å². The van der Waals surface area contributed by atoms with Crippen LogP contribution >= 0.6 is 11.6 Å². The lowest BCUT2D eigenvalue weighted by atomic mass is 10.2. The number of aromatic nitrogens is 1. The summed E-state index contributed by atoms with van der Waals surface area (Å²) >= 11 is 6.15. The number of hydrogen-bond acceptors (Lipinski definition) is 2. The van der Waals surface area contributed by atoms with Crippen LogP contribution in [0.3, 0.4) is 0 Å². The second-order valence-corrected chi connectivity index (χ2v) is 7.23. The average Bonchev–Trinajstić information content (AvgIpc) is 2.77. The van der Waals surface area contributed by atoms with Crippen LogP contribution in [0.25, 0.3) is 10.9 Å². The Balaban J connectivity index is 2.31. The zero-order valence-electron chi connectivity index (χ0n) is 11.7. The van der Waals surface area contributed by atoms with Gasteiger partial charge in [0.2, 0.25) is 0 Å². The number of fused-ring (bicyclic) bond motifs is 1. The van der Waals surface area contributed by atoms with Crippen LogP contribution in [-0.2, 0) is 10.0 Å². The monoisotopic (exact) mass is 319 g/mol. The van der Waals surface area contributed by atoms with Crippen molar-refractivity contribution in [1.82, 2.24) is 3.97 Å². The zero-order chi connectivity index (χ0) is 15.2. The molecule has 5 heteroatoms. The lowest BCUT2D eigenvalue weighted by Crippen LogP contribution is -2.14. The molecule has 21 heavy (non-hydrogen) atoms. The maximum Gasteiger partial charge on any atom is 0.268 e. The Kier molecular flexibility index (Phi) is 3.30. The van der Waals surface area contributed by atoms with Crippen LogP contribution in [0.1, 0.15) is 11.3 Å². The fourth-order valence-electron chi connectivity index (χ4n) is 2.44. The highest BCUT2D eigenvalue weighted by atomic mass is 35.5. The van der Waals surface area contributed by atoms with E-state index in [1.165, 1.54) is 3.97 Å². The van der Waals surface area contributed by atoms with Gasteiger partial charge in [-0.1, -0.05) is 35.4 Å². The molecule has 0 N–H and O–H groups in total. The van der Waals surface area contributed by atoms with Gasteiger partial charge in [0.25, 0.3) is 10.0 Å². The van der Waals surface area contributed by atoms with E-state index in [0.29, 0.717) is 16.2 Å². The smallest absolute Gasteiger partial charge is 0.238 e. The molecule has 3 aromatic rings. The van der Waals surface area contributed by atoms with Gasteiger partial charge in [0.05, 0.1) is 10.4 Å². The molecule has 3 rings (SSSR count). The SMILES string of the molecule is Cc1ccc(S(=O)(=O)n2c(C)cc3c(Cl)cccc32)cc1. The maximum absolute atomic E-state index is 12.9. The van der Waals surface area contributed by atoms with Crippen LogP contribution in [0.4, 0.5) is 0 Å². The summed E-state index contributed by atoms with van der Waals surface area (Å²) < 4.78 is 27.1. The summed E-state index contributed by atoms with van der Waals surface area (Å²) in [4.78, 5) is 0.272. The molecule has 3 nitrogen and oxygen atoms in total. The molecule has 0 radical (unpaired) electrons. The molecule has 0 fully saturated rings. The van der Waals surface area contributed by atoms with Crippen molar-refractivity contribution >= 4 is 32.5 Å². The van der Waals surface area contributed by atoms with Crippen molar-refractivity contribution in [1.29, 1.82) is 0 Å². The highest BCUT2D eigenvalue weighted by Crippen LogP contribution is 2.30. The molecule has 0 bridgehead atoms. The lowest BCUT2D eigenvalue weighted by Gasteiger charge is -2.10. The van der Waals surface area contributed by atoms with Crippen LogP contribution in [0.15, 0.2) is 53.4 Å². The van der Waals surface area contributed by atoms with Gasteiger partial charge in [-0.2, -0.15) is 0 Å². The summed E-state index contributed by atoms with van der Waals surface area (Å²) in [5.41, 5.74) is 2.25. The lowest BCUT2D eigenvalue weighted by molar-refractivity contribution is 0.588. The molecule has 1 heterocycles. The van der Waals surface area contributed by atoms with E-state index in [2.05, 4.69) is 0 Å². The van der Waals surface area contributed by atoms with Crippen molar-refractivity contribution in [2.24, 2.45) is 0 Å². The Morgan fingerprint density at radius 2 is 1.67 bits per heavy atom. The average molecular weight is 320 g/mol. The number of benzene rings is 2. The first kappa shape index (κ1) is 14.2. The molecule has 1 aromatic heterocycles. The zero-order valence-corrected chi connectivity index (χ0v) is 13.2. The van der Waals surface area contributed by atoms with Crippen molar-refractivity contribution in [3.63, 3.8) is 0 Å². The summed E-state index contributed by atoms with van der Waals surface area (Å²) in [7, 11) is -3.63. The number of nitrogens with zero attached hydrogens (tertiary/aromatic N) is 1. The van der Waals surface area contributed by atoms with Gasteiger partial charge in [-0.25, -0.2) is 12.4 Å². The fraction of sp³-hybridized carbons (Fsp3) is 0.125. The van der Waals surface area contributed by atoms with E-state index in [4.69, 9.17) is 11.6 Å². The Morgan fingerprint density at radius 1 is 1.00 bits per heavy atom. The summed E-state index contributed by atoms with van der Waals surface area (Å²) in [6.45, 7) is 3.69. The minimum atomic E-state index is -3.63. The molecule has 0 aliphatic rings. The first-order valence-corrected chi connectivity index (χ1v) is 8.32. The summed E-state index contributed by atoms with van der Waals surface area (Å²) in [5, 5.41) is 1.29. The van der Waals surface area contributed by atoms with Crippen molar-refractivity contribution in [2.75, 3.05) is 0 Å². The van der Waals surface area contributed by atoms with Crippen LogP contribution in [0, 0.1) is 13.8 Å². The van der Waals surface area contributed by atoms with E-state index in [1.54, 1.807) is 55.5 Å². The molecule has 0 amide bonds. The molecule has 108 valence electrons. The number of aryl methyl sites for hydroxylation is 2. The standard InChI is InChI=1S/C16H14ClNO2S/c1-11-6-8-13(9-7-11)21(19,20)18-12(2)10-14-15(17)4-3-5-16(14)18/h3-10H,1-2H3.